The van der Waals surface area contributed by atoms with Crippen molar-refractivity contribution in [3.8, 4) is 0 Å². The van der Waals surface area contributed by atoms with Gasteiger partial charge in [0.1, 0.15) is 12.3 Å². The van der Waals surface area contributed by atoms with E-state index in [1.807, 2.05) is 19.1 Å². The Bertz CT molecular complexity index is 998. The molecule has 0 unspecified atom stereocenters. The summed E-state index contributed by atoms with van der Waals surface area (Å²) in [5.41, 5.74) is 1.53. The van der Waals surface area contributed by atoms with Crippen LogP contribution in [-0.4, -0.2) is 20.9 Å². The van der Waals surface area contributed by atoms with Crippen molar-refractivity contribution in [2.75, 3.05) is 10.8 Å². The molecule has 0 aliphatic carbocycles. The number of benzene rings is 2. The molecule has 1 amide bonds. The van der Waals surface area contributed by atoms with Gasteiger partial charge in [-0.3, -0.25) is 9.10 Å². The normalized spacial score (nSPS) is 11.2. The molecule has 0 bridgehead atoms. The third-order valence-electron chi connectivity index (χ3n) is 4.29. The van der Waals surface area contributed by atoms with Crippen molar-refractivity contribution in [1.82, 2.24) is 5.32 Å². The number of furan rings is 1. The lowest BCUT2D eigenvalue weighted by Crippen LogP contribution is -2.40. The quantitative estimate of drug-likeness (QED) is 0.631. The Morgan fingerprint density at radius 2 is 1.71 bits per heavy atom. The number of nitrogens with one attached hydrogen (secondary N) is 1. The Kier molecular flexibility index (Phi) is 6.16. The summed E-state index contributed by atoms with van der Waals surface area (Å²) in [4.78, 5) is 12.6. The Hall–Kier alpha value is -3.06. The van der Waals surface area contributed by atoms with Crippen molar-refractivity contribution in [1.29, 1.82) is 0 Å². The molecule has 0 saturated carbocycles. The number of amides is 1. The van der Waals surface area contributed by atoms with Gasteiger partial charge in [-0.25, -0.2) is 8.42 Å². The lowest BCUT2D eigenvalue weighted by atomic mass is 10.1. The molecule has 1 heterocycles. The van der Waals surface area contributed by atoms with Gasteiger partial charge in [0, 0.05) is 0 Å². The third-order valence-corrected chi connectivity index (χ3v) is 6.08. The molecule has 28 heavy (non-hydrogen) atoms. The van der Waals surface area contributed by atoms with Crippen LogP contribution in [0.1, 0.15) is 18.2 Å². The Morgan fingerprint density at radius 1 is 1.00 bits per heavy atom. The molecule has 3 rings (SSSR count). The summed E-state index contributed by atoms with van der Waals surface area (Å²) >= 11 is 0. The van der Waals surface area contributed by atoms with Crippen molar-refractivity contribution in [2.24, 2.45) is 0 Å². The minimum atomic E-state index is -3.89. The first-order chi connectivity index (χ1) is 13.5. The lowest BCUT2D eigenvalue weighted by molar-refractivity contribution is -0.119. The number of rotatable bonds is 8. The average molecular weight is 398 g/mol. The fourth-order valence-corrected chi connectivity index (χ4v) is 4.16. The van der Waals surface area contributed by atoms with Crippen LogP contribution < -0.4 is 9.62 Å². The summed E-state index contributed by atoms with van der Waals surface area (Å²) in [7, 11) is -3.89. The van der Waals surface area contributed by atoms with Crippen LogP contribution in [-0.2, 0) is 27.8 Å². The Labute approximate surface area is 164 Å². The van der Waals surface area contributed by atoms with Crippen LogP contribution in [0.2, 0.25) is 0 Å². The largest absolute Gasteiger partial charge is 0.467 e. The molecule has 2 aromatic carbocycles. The van der Waals surface area contributed by atoms with Crippen molar-refractivity contribution in [3.63, 3.8) is 0 Å². The third kappa shape index (κ3) is 4.61. The van der Waals surface area contributed by atoms with Gasteiger partial charge in [-0.15, -0.1) is 0 Å². The fourth-order valence-electron chi connectivity index (χ4n) is 2.72. The van der Waals surface area contributed by atoms with E-state index >= 15 is 0 Å². The molecular weight excluding hydrogens is 376 g/mol. The van der Waals surface area contributed by atoms with Gasteiger partial charge in [0.2, 0.25) is 5.91 Å². The van der Waals surface area contributed by atoms with Crippen LogP contribution in [0, 0.1) is 0 Å². The first-order valence-electron chi connectivity index (χ1n) is 8.96. The standard InChI is InChI=1S/C21H22N2O4S/c1-2-17-10-12-18(13-11-17)23(28(25,26)20-8-4-3-5-9-20)16-21(24)22-15-19-7-6-14-27-19/h3-14H,2,15-16H2,1H3,(H,22,24). The number of anilines is 1. The molecule has 0 fully saturated rings. The van der Waals surface area contributed by atoms with Gasteiger partial charge in [0.15, 0.2) is 0 Å². The van der Waals surface area contributed by atoms with E-state index in [-0.39, 0.29) is 18.0 Å². The number of sulfonamides is 1. The minimum absolute atomic E-state index is 0.133. The zero-order valence-electron chi connectivity index (χ0n) is 15.5. The molecule has 0 aliphatic heterocycles. The van der Waals surface area contributed by atoms with E-state index in [4.69, 9.17) is 4.42 Å². The highest BCUT2D eigenvalue weighted by Gasteiger charge is 2.27. The van der Waals surface area contributed by atoms with E-state index in [1.165, 1.54) is 18.4 Å². The van der Waals surface area contributed by atoms with Gasteiger partial charge in [-0.05, 0) is 48.4 Å². The zero-order valence-corrected chi connectivity index (χ0v) is 16.4. The molecule has 1 N–H and O–H groups in total. The molecule has 146 valence electrons. The van der Waals surface area contributed by atoms with E-state index < -0.39 is 15.9 Å². The van der Waals surface area contributed by atoms with Gasteiger partial charge < -0.3 is 9.73 Å². The van der Waals surface area contributed by atoms with Crippen LogP contribution >= 0.6 is 0 Å². The number of carbonyl (C=O) groups excluding carboxylic acids is 1. The molecule has 0 aliphatic rings. The summed E-state index contributed by atoms with van der Waals surface area (Å²) in [6, 6.07) is 18.7. The number of nitrogens with zero attached hydrogens (tertiary/aromatic N) is 1. The topological polar surface area (TPSA) is 79.6 Å². The minimum Gasteiger partial charge on any atom is -0.467 e. The van der Waals surface area contributed by atoms with Crippen molar-refractivity contribution < 1.29 is 17.6 Å². The Morgan fingerprint density at radius 3 is 2.32 bits per heavy atom. The van der Waals surface area contributed by atoms with Gasteiger partial charge in [0.05, 0.1) is 23.4 Å². The molecule has 0 saturated heterocycles. The van der Waals surface area contributed by atoms with Gasteiger partial charge in [0.25, 0.3) is 10.0 Å². The number of hydrogen-bond acceptors (Lipinski definition) is 4. The number of carbonyl (C=O) groups is 1. The Balaban J connectivity index is 1.86. The van der Waals surface area contributed by atoms with Gasteiger partial charge in [-0.1, -0.05) is 37.3 Å². The molecular formula is C21H22N2O4S. The van der Waals surface area contributed by atoms with Crippen molar-refractivity contribution in [2.45, 2.75) is 24.8 Å². The summed E-state index contributed by atoms with van der Waals surface area (Å²) in [5.74, 6) is 0.175. The second-order valence-corrected chi connectivity index (χ2v) is 8.06. The van der Waals surface area contributed by atoms with Crippen LogP contribution in [0.15, 0.2) is 82.3 Å². The van der Waals surface area contributed by atoms with Crippen LogP contribution in [0.5, 0.6) is 0 Å². The van der Waals surface area contributed by atoms with E-state index in [0.717, 1.165) is 16.3 Å². The van der Waals surface area contributed by atoms with Gasteiger partial charge >= 0.3 is 0 Å². The highest BCUT2D eigenvalue weighted by molar-refractivity contribution is 7.92. The molecule has 3 aromatic rings. The number of aryl methyl sites for hydroxylation is 1. The van der Waals surface area contributed by atoms with Crippen LogP contribution in [0.25, 0.3) is 0 Å². The molecule has 1 aromatic heterocycles. The van der Waals surface area contributed by atoms with Crippen LogP contribution in [0.4, 0.5) is 5.69 Å². The zero-order chi connectivity index (χ0) is 20.0. The molecule has 7 heteroatoms. The molecule has 0 radical (unpaired) electrons. The predicted molar refractivity (Wildman–Crippen MR) is 107 cm³/mol. The monoisotopic (exact) mass is 398 g/mol. The molecule has 0 atom stereocenters. The SMILES string of the molecule is CCc1ccc(N(CC(=O)NCc2ccco2)S(=O)(=O)c2ccccc2)cc1. The molecule has 0 spiro atoms. The summed E-state index contributed by atoms with van der Waals surface area (Å²) in [5, 5.41) is 2.69. The van der Waals surface area contributed by atoms with E-state index in [0.29, 0.717) is 11.4 Å². The molecule has 6 nitrogen and oxygen atoms in total. The van der Waals surface area contributed by atoms with E-state index in [9.17, 15) is 13.2 Å². The van der Waals surface area contributed by atoms with Gasteiger partial charge in [-0.2, -0.15) is 0 Å². The van der Waals surface area contributed by atoms with Crippen LogP contribution in [0.3, 0.4) is 0 Å². The average Bonchev–Trinajstić information content (AvgIpc) is 3.25. The van der Waals surface area contributed by atoms with Crippen molar-refractivity contribution in [3.05, 3.63) is 84.3 Å². The van der Waals surface area contributed by atoms with E-state index in [2.05, 4.69) is 5.32 Å². The highest BCUT2D eigenvalue weighted by atomic mass is 32.2. The van der Waals surface area contributed by atoms with Crippen molar-refractivity contribution >= 4 is 21.6 Å². The maximum Gasteiger partial charge on any atom is 0.264 e. The maximum atomic E-state index is 13.2. The maximum absolute atomic E-state index is 13.2. The fraction of sp³-hybridized carbons (Fsp3) is 0.190. The number of hydrogen-bond donors (Lipinski definition) is 1. The second kappa shape index (κ2) is 8.75. The summed E-state index contributed by atoms with van der Waals surface area (Å²) in [6.45, 7) is 1.89. The summed E-state index contributed by atoms with van der Waals surface area (Å²) in [6.07, 6.45) is 2.36. The second-order valence-electron chi connectivity index (χ2n) is 6.20. The smallest absolute Gasteiger partial charge is 0.264 e. The first-order valence-corrected chi connectivity index (χ1v) is 10.4. The first kappa shape index (κ1) is 19.7. The summed E-state index contributed by atoms with van der Waals surface area (Å²) < 4.78 is 32.7. The lowest BCUT2D eigenvalue weighted by Gasteiger charge is -2.24. The predicted octanol–water partition coefficient (Wildman–Crippen LogP) is 3.35. The van der Waals surface area contributed by atoms with E-state index in [1.54, 1.807) is 42.5 Å². The highest BCUT2D eigenvalue weighted by Crippen LogP contribution is 2.24.